The molecule has 1 fully saturated rings. The number of nitrogens with zero attached hydrogens (tertiary/aromatic N) is 4. The van der Waals surface area contributed by atoms with Crippen molar-refractivity contribution < 1.29 is 14.2 Å². The summed E-state index contributed by atoms with van der Waals surface area (Å²) in [7, 11) is 3.31. The Morgan fingerprint density at radius 3 is 2.53 bits per heavy atom. The van der Waals surface area contributed by atoms with Gasteiger partial charge in [0.25, 0.3) is 0 Å². The van der Waals surface area contributed by atoms with Gasteiger partial charge in [-0.3, -0.25) is 0 Å². The molecule has 1 N–H and O–H groups in total. The fourth-order valence-electron chi connectivity index (χ4n) is 4.34. The zero-order valence-corrected chi connectivity index (χ0v) is 19.7. The maximum Gasteiger partial charge on any atom is 0.165 e. The third kappa shape index (κ3) is 4.24. The first-order chi connectivity index (χ1) is 16.7. The van der Waals surface area contributed by atoms with E-state index in [1.54, 1.807) is 18.7 Å². The molecule has 0 radical (unpaired) electrons. The van der Waals surface area contributed by atoms with Crippen LogP contribution < -0.4 is 19.7 Å². The second-order valence-electron chi connectivity index (χ2n) is 8.13. The highest BCUT2D eigenvalue weighted by molar-refractivity contribution is 5.79. The van der Waals surface area contributed by atoms with Crippen LogP contribution in [0.4, 0.5) is 17.2 Å². The molecule has 0 saturated carbocycles. The van der Waals surface area contributed by atoms with E-state index in [0.29, 0.717) is 5.75 Å². The van der Waals surface area contributed by atoms with E-state index in [2.05, 4.69) is 52.6 Å². The van der Waals surface area contributed by atoms with Crippen molar-refractivity contribution in [2.24, 2.45) is 0 Å². The molecule has 4 aromatic rings. The number of morpholine rings is 1. The Balaban J connectivity index is 1.43. The fraction of sp³-hybridized carbons (Fsp3) is 0.308. The van der Waals surface area contributed by atoms with Crippen LogP contribution in [0.15, 0.2) is 54.9 Å². The Hall–Kier alpha value is -3.78. The lowest BCUT2D eigenvalue weighted by atomic mass is 10.1. The summed E-state index contributed by atoms with van der Waals surface area (Å²) in [5.74, 6) is 2.18. The number of hydrogen-bond acceptors (Lipinski definition) is 7. The maximum atomic E-state index is 5.54. The van der Waals surface area contributed by atoms with Crippen molar-refractivity contribution in [3.63, 3.8) is 0 Å². The SMILES string of the molecule is CCc1cc(Nc2ccn3ncc(-c4ccc(N5CCOCC5)cc4)c3n2)cc(OC)c1OC. The first-order valence-corrected chi connectivity index (χ1v) is 11.5. The van der Waals surface area contributed by atoms with Crippen LogP contribution in [-0.2, 0) is 11.2 Å². The molecule has 2 aromatic heterocycles. The number of anilines is 3. The number of aromatic nitrogens is 3. The lowest BCUT2D eigenvalue weighted by Gasteiger charge is -2.28. The molecule has 3 heterocycles. The van der Waals surface area contributed by atoms with Crippen molar-refractivity contribution in [3.05, 3.63) is 60.4 Å². The van der Waals surface area contributed by atoms with Gasteiger partial charge in [-0.05, 0) is 41.8 Å². The highest BCUT2D eigenvalue weighted by Crippen LogP contribution is 2.36. The summed E-state index contributed by atoms with van der Waals surface area (Å²) in [6.07, 6.45) is 4.61. The van der Waals surface area contributed by atoms with Crippen LogP contribution in [0.25, 0.3) is 16.8 Å². The van der Waals surface area contributed by atoms with Crippen molar-refractivity contribution >= 4 is 22.8 Å². The lowest BCUT2D eigenvalue weighted by Crippen LogP contribution is -2.36. The van der Waals surface area contributed by atoms with Gasteiger partial charge in [0, 0.05) is 42.3 Å². The van der Waals surface area contributed by atoms with Crippen molar-refractivity contribution in [2.45, 2.75) is 13.3 Å². The second kappa shape index (κ2) is 9.61. The van der Waals surface area contributed by atoms with E-state index in [0.717, 1.165) is 72.3 Å². The number of rotatable bonds is 7. The van der Waals surface area contributed by atoms with Crippen LogP contribution in [0.2, 0.25) is 0 Å². The monoisotopic (exact) mass is 459 g/mol. The highest BCUT2D eigenvalue weighted by Gasteiger charge is 2.15. The summed E-state index contributed by atoms with van der Waals surface area (Å²) in [4.78, 5) is 7.21. The number of nitrogens with one attached hydrogen (secondary N) is 1. The summed E-state index contributed by atoms with van der Waals surface area (Å²) in [5.41, 5.74) is 6.02. The summed E-state index contributed by atoms with van der Waals surface area (Å²) in [5, 5.41) is 7.91. The normalized spacial score (nSPS) is 13.8. The van der Waals surface area contributed by atoms with Gasteiger partial charge in [-0.25, -0.2) is 9.50 Å². The molecule has 5 rings (SSSR count). The Kier molecular flexibility index (Phi) is 6.22. The van der Waals surface area contributed by atoms with Gasteiger partial charge in [-0.2, -0.15) is 5.10 Å². The quantitative estimate of drug-likeness (QED) is 0.434. The van der Waals surface area contributed by atoms with Gasteiger partial charge in [0.1, 0.15) is 5.82 Å². The van der Waals surface area contributed by atoms with Gasteiger partial charge in [0.2, 0.25) is 0 Å². The molecule has 1 aliphatic rings. The number of fused-ring (bicyclic) bond motifs is 1. The Bertz CT molecular complexity index is 1250. The zero-order chi connectivity index (χ0) is 23.5. The first-order valence-electron chi connectivity index (χ1n) is 11.5. The van der Waals surface area contributed by atoms with E-state index >= 15 is 0 Å². The molecule has 0 unspecified atom stereocenters. The molecule has 0 aliphatic carbocycles. The molecule has 0 spiro atoms. The lowest BCUT2D eigenvalue weighted by molar-refractivity contribution is 0.122. The minimum absolute atomic E-state index is 0.691. The Morgan fingerprint density at radius 1 is 1.03 bits per heavy atom. The summed E-state index contributed by atoms with van der Waals surface area (Å²) in [6.45, 7) is 5.48. The van der Waals surface area contributed by atoms with Crippen LogP contribution in [0.1, 0.15) is 12.5 Å². The summed E-state index contributed by atoms with van der Waals surface area (Å²) < 4.78 is 18.3. The van der Waals surface area contributed by atoms with Gasteiger partial charge >= 0.3 is 0 Å². The smallest absolute Gasteiger partial charge is 0.165 e. The number of aryl methyl sites for hydroxylation is 1. The fourth-order valence-corrected chi connectivity index (χ4v) is 4.34. The van der Waals surface area contributed by atoms with Crippen molar-refractivity contribution in [3.8, 4) is 22.6 Å². The van der Waals surface area contributed by atoms with Gasteiger partial charge in [0.15, 0.2) is 17.1 Å². The van der Waals surface area contributed by atoms with Crippen molar-refractivity contribution in [2.75, 3.05) is 50.7 Å². The number of methoxy groups -OCH3 is 2. The largest absolute Gasteiger partial charge is 0.493 e. The van der Waals surface area contributed by atoms with E-state index in [1.165, 1.54) is 5.69 Å². The highest BCUT2D eigenvalue weighted by atomic mass is 16.5. The Morgan fingerprint density at radius 2 is 1.82 bits per heavy atom. The molecule has 1 aliphatic heterocycles. The third-order valence-electron chi connectivity index (χ3n) is 6.13. The van der Waals surface area contributed by atoms with Gasteiger partial charge in [-0.15, -0.1) is 0 Å². The molecule has 0 atom stereocenters. The van der Waals surface area contributed by atoms with Crippen LogP contribution >= 0.6 is 0 Å². The van der Waals surface area contributed by atoms with E-state index in [9.17, 15) is 0 Å². The molecule has 0 amide bonds. The van der Waals surface area contributed by atoms with E-state index in [1.807, 2.05) is 24.5 Å². The van der Waals surface area contributed by atoms with E-state index < -0.39 is 0 Å². The molecule has 1 saturated heterocycles. The maximum absolute atomic E-state index is 5.54. The molecular weight excluding hydrogens is 430 g/mol. The predicted molar refractivity (Wildman–Crippen MR) is 134 cm³/mol. The number of benzene rings is 2. The van der Waals surface area contributed by atoms with Crippen LogP contribution in [0.5, 0.6) is 11.5 Å². The minimum Gasteiger partial charge on any atom is -0.493 e. The van der Waals surface area contributed by atoms with Crippen LogP contribution in [-0.4, -0.2) is 55.1 Å². The number of hydrogen-bond donors (Lipinski definition) is 1. The molecule has 34 heavy (non-hydrogen) atoms. The van der Waals surface area contributed by atoms with Crippen LogP contribution in [0.3, 0.4) is 0 Å². The van der Waals surface area contributed by atoms with Crippen LogP contribution in [0, 0.1) is 0 Å². The molecule has 8 nitrogen and oxygen atoms in total. The molecule has 2 aromatic carbocycles. The first kappa shape index (κ1) is 22.0. The Labute approximate surface area is 199 Å². The second-order valence-corrected chi connectivity index (χ2v) is 8.13. The average Bonchev–Trinajstić information content (AvgIpc) is 3.32. The zero-order valence-electron chi connectivity index (χ0n) is 19.7. The number of ether oxygens (including phenoxy) is 3. The summed E-state index contributed by atoms with van der Waals surface area (Å²) >= 11 is 0. The topological polar surface area (TPSA) is 73.2 Å². The predicted octanol–water partition coefficient (Wildman–Crippen LogP) is 4.56. The summed E-state index contributed by atoms with van der Waals surface area (Å²) in [6, 6.07) is 14.5. The molecule has 0 bridgehead atoms. The van der Waals surface area contributed by atoms with Crippen molar-refractivity contribution in [1.82, 2.24) is 14.6 Å². The molecular formula is C26H29N5O3. The van der Waals surface area contributed by atoms with E-state index in [-0.39, 0.29) is 0 Å². The van der Waals surface area contributed by atoms with Gasteiger partial charge < -0.3 is 24.4 Å². The minimum atomic E-state index is 0.691. The van der Waals surface area contributed by atoms with Gasteiger partial charge in [0.05, 0.1) is 33.6 Å². The van der Waals surface area contributed by atoms with Crippen molar-refractivity contribution in [1.29, 1.82) is 0 Å². The third-order valence-corrected chi connectivity index (χ3v) is 6.13. The molecule has 176 valence electrons. The van der Waals surface area contributed by atoms with E-state index in [4.69, 9.17) is 19.2 Å². The molecule has 8 heteroatoms. The van der Waals surface area contributed by atoms with Gasteiger partial charge in [-0.1, -0.05) is 19.1 Å². The standard InChI is InChI=1S/C26H29N5O3/c1-4-18-15-20(16-23(32-2)25(18)33-3)28-24-9-10-31-26(29-24)22(17-27-31)19-5-7-21(8-6-19)30-11-13-34-14-12-30/h5-10,15-17H,4,11-14H2,1-3H3,(H,28,29). The average molecular weight is 460 g/mol.